The molecule has 2 aromatic carbocycles. The minimum Gasteiger partial charge on any atom is -0.323 e. The van der Waals surface area contributed by atoms with Crippen LogP contribution < -0.4 is 10.6 Å². The molecule has 1 fully saturated rings. The van der Waals surface area contributed by atoms with Crippen LogP contribution in [0.15, 0.2) is 72.1 Å². The Morgan fingerprint density at radius 2 is 1.92 bits per heavy atom. The average Bonchev–Trinajstić information content (AvgIpc) is 2.68. The summed E-state index contributed by atoms with van der Waals surface area (Å²) in [5.74, 6) is -0.262. The largest absolute Gasteiger partial charge is 0.323 e. The van der Waals surface area contributed by atoms with Gasteiger partial charge in [0.05, 0.1) is 4.90 Å². The monoisotopic (exact) mass is 355 g/mol. The van der Waals surface area contributed by atoms with Crippen LogP contribution in [0.1, 0.15) is 11.6 Å². The van der Waals surface area contributed by atoms with Gasteiger partial charge in [0.15, 0.2) is 0 Å². The zero-order valence-electron chi connectivity index (χ0n) is 13.9. The van der Waals surface area contributed by atoms with Gasteiger partial charge in [-0.05, 0) is 35.9 Å². The van der Waals surface area contributed by atoms with Crippen molar-refractivity contribution in [1.29, 1.82) is 0 Å². The Balaban J connectivity index is 1.68. The molecule has 2 N–H and O–H groups in total. The molecule has 1 amide bonds. The molecule has 0 aliphatic carbocycles. The van der Waals surface area contributed by atoms with Crippen molar-refractivity contribution < 1.29 is 9.00 Å². The molecule has 0 saturated carbocycles. The quantitative estimate of drug-likeness (QED) is 0.810. The van der Waals surface area contributed by atoms with Crippen molar-refractivity contribution >= 4 is 22.6 Å². The number of carbonyl (C=O) groups is 1. The molecule has 2 unspecified atom stereocenters. The molecule has 0 radical (unpaired) electrons. The van der Waals surface area contributed by atoms with Crippen LogP contribution in [-0.4, -0.2) is 34.1 Å². The van der Waals surface area contributed by atoms with Gasteiger partial charge in [0.25, 0.3) is 0 Å². The number of nitrogens with zero attached hydrogens (tertiary/aromatic N) is 1. The second kappa shape index (κ2) is 8.20. The Hall–Kier alpha value is -2.28. The second-order valence-electron chi connectivity index (χ2n) is 5.77. The van der Waals surface area contributed by atoms with E-state index in [1.165, 1.54) is 11.6 Å². The minimum absolute atomic E-state index is 0.171. The molecule has 1 aliphatic rings. The Morgan fingerprint density at radius 1 is 1.20 bits per heavy atom. The van der Waals surface area contributed by atoms with Crippen LogP contribution in [0.25, 0.3) is 0 Å². The highest BCUT2D eigenvalue weighted by Gasteiger charge is 2.25. The number of carbonyl (C=O) groups excluding carboxylic acids is 1. The summed E-state index contributed by atoms with van der Waals surface area (Å²) in [4.78, 5) is 12.0. The summed E-state index contributed by atoms with van der Waals surface area (Å²) in [5, 5.41) is 6.16. The van der Waals surface area contributed by atoms with Crippen LogP contribution in [0.4, 0.5) is 5.69 Å². The fourth-order valence-electron chi connectivity index (χ4n) is 2.78. The third kappa shape index (κ3) is 4.42. The molecule has 130 valence electrons. The van der Waals surface area contributed by atoms with E-state index < -0.39 is 11.0 Å². The number of benzene rings is 2. The highest BCUT2D eigenvalue weighted by molar-refractivity contribution is 7.82. The van der Waals surface area contributed by atoms with Gasteiger partial charge < -0.3 is 10.6 Å². The van der Waals surface area contributed by atoms with Gasteiger partial charge >= 0.3 is 0 Å². The lowest BCUT2D eigenvalue weighted by Crippen LogP contribution is -2.46. The predicted molar refractivity (Wildman–Crippen MR) is 100 cm³/mol. The lowest BCUT2D eigenvalue weighted by molar-refractivity contribution is -0.111. The lowest BCUT2D eigenvalue weighted by atomic mass is 10.1. The summed E-state index contributed by atoms with van der Waals surface area (Å²) < 4.78 is 14.8. The maximum absolute atomic E-state index is 12.9. The molecule has 0 aromatic heterocycles. The van der Waals surface area contributed by atoms with E-state index >= 15 is 0 Å². The summed E-state index contributed by atoms with van der Waals surface area (Å²) in [7, 11) is -1.23. The number of hydrogen-bond donors (Lipinski definition) is 2. The van der Waals surface area contributed by atoms with Gasteiger partial charge in [-0.15, -0.1) is 0 Å². The SMILES string of the molecule is C=CC(=O)Nc1ccc(S(=O)N2CCNC(c3ccccc3)C2)cc1. The van der Waals surface area contributed by atoms with Crippen LogP contribution in [0.3, 0.4) is 0 Å². The summed E-state index contributed by atoms with van der Waals surface area (Å²) in [6.45, 7) is 5.63. The van der Waals surface area contributed by atoms with Gasteiger partial charge in [-0.3, -0.25) is 4.79 Å². The van der Waals surface area contributed by atoms with E-state index in [-0.39, 0.29) is 11.9 Å². The van der Waals surface area contributed by atoms with Crippen LogP contribution in [0.2, 0.25) is 0 Å². The molecule has 6 heteroatoms. The predicted octanol–water partition coefficient (Wildman–Crippen LogP) is 2.48. The Labute approximate surface area is 150 Å². The van der Waals surface area contributed by atoms with E-state index in [0.717, 1.165) is 18.0 Å². The smallest absolute Gasteiger partial charge is 0.247 e. The Bertz CT molecular complexity index is 762. The van der Waals surface area contributed by atoms with E-state index in [4.69, 9.17) is 0 Å². The number of rotatable bonds is 5. The van der Waals surface area contributed by atoms with E-state index in [0.29, 0.717) is 12.2 Å². The number of amides is 1. The number of hydrogen-bond acceptors (Lipinski definition) is 3. The van der Waals surface area contributed by atoms with Gasteiger partial charge in [-0.25, -0.2) is 8.51 Å². The van der Waals surface area contributed by atoms with Gasteiger partial charge in [0.2, 0.25) is 5.91 Å². The molecule has 1 saturated heterocycles. The van der Waals surface area contributed by atoms with Crippen molar-refractivity contribution in [3.63, 3.8) is 0 Å². The fourth-order valence-corrected chi connectivity index (χ4v) is 3.99. The van der Waals surface area contributed by atoms with Crippen molar-refractivity contribution in [2.75, 3.05) is 25.0 Å². The molecule has 1 aliphatic heterocycles. The van der Waals surface area contributed by atoms with E-state index in [2.05, 4.69) is 29.3 Å². The molecular weight excluding hydrogens is 334 g/mol. The van der Waals surface area contributed by atoms with Gasteiger partial charge in [0, 0.05) is 31.4 Å². The highest BCUT2D eigenvalue weighted by atomic mass is 32.2. The molecular formula is C19H21N3O2S. The maximum Gasteiger partial charge on any atom is 0.247 e. The number of nitrogens with one attached hydrogen (secondary N) is 2. The second-order valence-corrected chi connectivity index (χ2v) is 7.26. The first-order valence-electron chi connectivity index (χ1n) is 8.16. The zero-order valence-corrected chi connectivity index (χ0v) is 14.7. The van der Waals surface area contributed by atoms with Gasteiger partial charge in [-0.2, -0.15) is 0 Å². The van der Waals surface area contributed by atoms with Crippen LogP contribution >= 0.6 is 0 Å². The Morgan fingerprint density at radius 3 is 2.60 bits per heavy atom. The van der Waals surface area contributed by atoms with Gasteiger partial charge in [0.1, 0.15) is 11.0 Å². The lowest BCUT2D eigenvalue weighted by Gasteiger charge is -2.32. The summed E-state index contributed by atoms with van der Waals surface area (Å²) in [6.07, 6.45) is 1.22. The van der Waals surface area contributed by atoms with Crippen molar-refractivity contribution in [2.45, 2.75) is 10.9 Å². The van der Waals surface area contributed by atoms with Gasteiger partial charge in [-0.1, -0.05) is 36.9 Å². The molecule has 25 heavy (non-hydrogen) atoms. The standard InChI is InChI=1S/C19H21N3O2S/c1-2-19(23)21-16-8-10-17(11-9-16)25(24)22-13-12-20-18(14-22)15-6-4-3-5-7-15/h2-11,18,20H,1,12-14H2,(H,21,23). The zero-order chi connectivity index (χ0) is 17.6. The molecule has 1 heterocycles. The molecule has 0 spiro atoms. The average molecular weight is 355 g/mol. The van der Waals surface area contributed by atoms with Crippen molar-refractivity contribution in [1.82, 2.24) is 9.62 Å². The Kier molecular flexibility index (Phi) is 5.75. The van der Waals surface area contributed by atoms with Crippen molar-refractivity contribution in [3.8, 4) is 0 Å². The highest BCUT2D eigenvalue weighted by Crippen LogP contribution is 2.21. The summed E-state index contributed by atoms with van der Waals surface area (Å²) in [6, 6.07) is 17.5. The number of anilines is 1. The van der Waals surface area contributed by atoms with Crippen LogP contribution in [0.5, 0.6) is 0 Å². The fraction of sp³-hybridized carbons (Fsp3) is 0.211. The molecule has 2 aromatic rings. The first-order chi connectivity index (χ1) is 12.2. The summed E-state index contributed by atoms with van der Waals surface area (Å²) >= 11 is 0. The molecule has 0 bridgehead atoms. The van der Waals surface area contributed by atoms with Crippen LogP contribution in [0, 0.1) is 0 Å². The van der Waals surface area contributed by atoms with Crippen molar-refractivity contribution in [3.05, 3.63) is 72.8 Å². The number of piperazine rings is 1. The van der Waals surface area contributed by atoms with Crippen LogP contribution in [-0.2, 0) is 15.8 Å². The topological polar surface area (TPSA) is 61.4 Å². The van der Waals surface area contributed by atoms with E-state index in [9.17, 15) is 9.00 Å². The first-order valence-corrected chi connectivity index (χ1v) is 9.26. The minimum atomic E-state index is -1.23. The third-order valence-corrected chi connectivity index (χ3v) is 5.56. The van der Waals surface area contributed by atoms with Crippen molar-refractivity contribution in [2.24, 2.45) is 0 Å². The van der Waals surface area contributed by atoms with E-state index in [1.807, 2.05) is 22.5 Å². The molecule has 5 nitrogen and oxygen atoms in total. The van der Waals surface area contributed by atoms with E-state index in [1.54, 1.807) is 24.3 Å². The third-order valence-electron chi connectivity index (χ3n) is 4.08. The normalized spacial score (nSPS) is 19.1. The maximum atomic E-state index is 12.9. The molecule has 3 rings (SSSR count). The first kappa shape index (κ1) is 17.5. The summed E-state index contributed by atoms with van der Waals surface area (Å²) in [5.41, 5.74) is 1.86. The molecule has 2 atom stereocenters.